The fourth-order valence-electron chi connectivity index (χ4n) is 4.43. The molecule has 2 aromatic carbocycles. The van der Waals surface area contributed by atoms with Gasteiger partial charge in [-0.05, 0) is 49.2 Å². The van der Waals surface area contributed by atoms with Crippen molar-refractivity contribution in [3.63, 3.8) is 0 Å². The summed E-state index contributed by atoms with van der Waals surface area (Å²) >= 11 is 1.66. The summed E-state index contributed by atoms with van der Waals surface area (Å²) < 4.78 is 6.43. The smallest absolute Gasteiger partial charge is 0.229 e. The number of hydrogen-bond donors (Lipinski definition) is 0. The molecular weight excluding hydrogens is 408 g/mol. The van der Waals surface area contributed by atoms with E-state index in [4.69, 9.17) is 9.72 Å². The number of rotatable bonds is 4. The van der Waals surface area contributed by atoms with Gasteiger partial charge in [-0.1, -0.05) is 23.5 Å². The molecule has 0 spiro atoms. The lowest BCUT2D eigenvalue weighted by Gasteiger charge is -2.43. The van der Waals surface area contributed by atoms with E-state index >= 15 is 0 Å². The number of hydrogen-bond acceptors (Lipinski definition) is 6. The number of methoxy groups -OCH3 is 1. The van der Waals surface area contributed by atoms with Crippen LogP contribution in [0.2, 0.25) is 0 Å². The second-order valence-electron chi connectivity index (χ2n) is 8.53. The van der Waals surface area contributed by atoms with Crippen molar-refractivity contribution in [1.29, 1.82) is 0 Å². The van der Waals surface area contributed by atoms with E-state index in [1.807, 2.05) is 23.1 Å². The van der Waals surface area contributed by atoms with Crippen LogP contribution >= 0.6 is 11.3 Å². The Bertz CT molecular complexity index is 1110. The zero-order valence-electron chi connectivity index (χ0n) is 18.3. The molecule has 3 heterocycles. The molecule has 2 aliphatic heterocycles. The number of aromatic nitrogens is 1. The van der Waals surface area contributed by atoms with Crippen LogP contribution in [0.4, 0.5) is 10.8 Å². The molecule has 31 heavy (non-hydrogen) atoms. The molecule has 0 unspecified atom stereocenters. The van der Waals surface area contributed by atoms with Gasteiger partial charge in [0, 0.05) is 45.0 Å². The molecule has 1 amide bonds. The maximum absolute atomic E-state index is 13.0. The maximum atomic E-state index is 13.0. The SMILES string of the molecule is COc1ccc2nc(N3CC(C(=O)N4CCN(c5cc(C)ccc5C)CC4)C3)sc2c1. The summed E-state index contributed by atoms with van der Waals surface area (Å²) in [6, 6.07) is 12.5. The highest BCUT2D eigenvalue weighted by Crippen LogP contribution is 2.35. The quantitative estimate of drug-likeness (QED) is 0.624. The lowest BCUT2D eigenvalue weighted by atomic mass is 9.98. The Hall–Kier alpha value is -2.80. The maximum Gasteiger partial charge on any atom is 0.229 e. The van der Waals surface area contributed by atoms with E-state index in [1.54, 1.807) is 18.4 Å². The third-order valence-electron chi connectivity index (χ3n) is 6.38. The Balaban J connectivity index is 1.17. The van der Waals surface area contributed by atoms with Crippen LogP contribution in [0.3, 0.4) is 0 Å². The highest BCUT2D eigenvalue weighted by molar-refractivity contribution is 7.22. The highest BCUT2D eigenvalue weighted by Gasteiger charge is 2.37. The van der Waals surface area contributed by atoms with Crippen molar-refractivity contribution >= 4 is 38.3 Å². The molecule has 2 fully saturated rings. The van der Waals surface area contributed by atoms with Gasteiger partial charge in [-0.2, -0.15) is 0 Å². The van der Waals surface area contributed by atoms with Gasteiger partial charge in [0.05, 0.1) is 23.2 Å². The molecule has 0 aliphatic carbocycles. The van der Waals surface area contributed by atoms with E-state index in [1.165, 1.54) is 16.8 Å². The number of fused-ring (bicyclic) bond motifs is 1. The number of benzene rings is 2. The number of nitrogens with zero attached hydrogens (tertiary/aromatic N) is 4. The molecule has 162 valence electrons. The molecule has 2 aliphatic rings. The zero-order chi connectivity index (χ0) is 21.5. The predicted octanol–water partition coefficient (Wildman–Crippen LogP) is 3.71. The first-order chi connectivity index (χ1) is 15.0. The summed E-state index contributed by atoms with van der Waals surface area (Å²) in [7, 11) is 1.68. The standard InChI is InChI=1S/C24H28N4O2S/c1-16-4-5-17(2)21(12-16)26-8-10-27(11-9-26)23(29)18-14-28(15-18)24-25-20-7-6-19(30-3)13-22(20)31-24/h4-7,12-13,18H,8-11,14-15H2,1-3H3. The first-order valence-corrected chi connectivity index (χ1v) is 11.6. The normalized spacial score (nSPS) is 17.2. The van der Waals surface area contributed by atoms with Gasteiger partial charge in [0.1, 0.15) is 5.75 Å². The molecule has 0 bridgehead atoms. The molecule has 5 rings (SSSR count). The number of anilines is 2. The first-order valence-electron chi connectivity index (χ1n) is 10.8. The zero-order valence-corrected chi connectivity index (χ0v) is 19.1. The number of aryl methyl sites for hydroxylation is 2. The van der Waals surface area contributed by atoms with E-state index in [9.17, 15) is 4.79 Å². The fraction of sp³-hybridized carbons (Fsp3) is 0.417. The van der Waals surface area contributed by atoms with E-state index in [2.05, 4.69) is 41.8 Å². The molecule has 0 N–H and O–H groups in total. The van der Waals surface area contributed by atoms with E-state index in [0.717, 1.165) is 60.4 Å². The minimum absolute atomic E-state index is 0.0776. The third kappa shape index (κ3) is 3.82. The van der Waals surface area contributed by atoms with Crippen LogP contribution in [0, 0.1) is 19.8 Å². The largest absolute Gasteiger partial charge is 0.497 e. The monoisotopic (exact) mass is 436 g/mol. The molecular formula is C24H28N4O2S. The van der Waals surface area contributed by atoms with Crippen molar-refractivity contribution in [2.45, 2.75) is 13.8 Å². The van der Waals surface area contributed by atoms with Crippen molar-refractivity contribution in [2.75, 3.05) is 56.2 Å². The minimum Gasteiger partial charge on any atom is -0.497 e. The van der Waals surface area contributed by atoms with Crippen molar-refractivity contribution < 1.29 is 9.53 Å². The van der Waals surface area contributed by atoms with Crippen LogP contribution in [0.25, 0.3) is 10.2 Å². The van der Waals surface area contributed by atoms with Crippen LogP contribution in [0.1, 0.15) is 11.1 Å². The Morgan fingerprint density at radius 1 is 1.03 bits per heavy atom. The number of carbonyl (C=O) groups excluding carboxylic acids is 1. The lowest BCUT2D eigenvalue weighted by Crippen LogP contribution is -2.58. The molecule has 0 saturated carbocycles. The van der Waals surface area contributed by atoms with Gasteiger partial charge in [-0.15, -0.1) is 0 Å². The van der Waals surface area contributed by atoms with Gasteiger partial charge in [0.15, 0.2) is 5.13 Å². The number of carbonyl (C=O) groups is 1. The lowest BCUT2D eigenvalue weighted by molar-refractivity contribution is -0.136. The first kappa shape index (κ1) is 20.1. The van der Waals surface area contributed by atoms with Crippen LogP contribution in [-0.4, -0.2) is 62.2 Å². The second-order valence-corrected chi connectivity index (χ2v) is 9.54. The number of ether oxygens (including phenoxy) is 1. The Morgan fingerprint density at radius 2 is 1.81 bits per heavy atom. The Labute approximate surface area is 187 Å². The molecule has 3 aromatic rings. The number of thiazole rings is 1. The fourth-order valence-corrected chi connectivity index (χ4v) is 5.44. The topological polar surface area (TPSA) is 48.9 Å². The van der Waals surface area contributed by atoms with Crippen LogP contribution in [0.5, 0.6) is 5.75 Å². The van der Waals surface area contributed by atoms with E-state index < -0.39 is 0 Å². The molecule has 7 heteroatoms. The average Bonchev–Trinajstić information content (AvgIpc) is 3.17. The second kappa shape index (κ2) is 8.04. The van der Waals surface area contributed by atoms with Crippen molar-refractivity contribution in [2.24, 2.45) is 5.92 Å². The number of piperazine rings is 1. The van der Waals surface area contributed by atoms with Crippen LogP contribution in [0.15, 0.2) is 36.4 Å². The summed E-state index contributed by atoms with van der Waals surface area (Å²) in [6.45, 7) is 9.19. The van der Waals surface area contributed by atoms with Crippen LogP contribution in [-0.2, 0) is 4.79 Å². The summed E-state index contributed by atoms with van der Waals surface area (Å²) in [5.74, 6) is 1.22. The minimum atomic E-state index is 0.0776. The summed E-state index contributed by atoms with van der Waals surface area (Å²) in [5, 5.41) is 0.993. The van der Waals surface area contributed by atoms with Gasteiger partial charge in [-0.25, -0.2) is 4.98 Å². The van der Waals surface area contributed by atoms with E-state index in [0.29, 0.717) is 5.91 Å². The van der Waals surface area contributed by atoms with Crippen LogP contribution < -0.4 is 14.5 Å². The van der Waals surface area contributed by atoms with E-state index in [-0.39, 0.29) is 5.92 Å². The molecule has 2 saturated heterocycles. The van der Waals surface area contributed by atoms with Gasteiger partial charge < -0.3 is 19.4 Å². The third-order valence-corrected chi connectivity index (χ3v) is 7.46. The predicted molar refractivity (Wildman–Crippen MR) is 127 cm³/mol. The number of amides is 1. The van der Waals surface area contributed by atoms with Gasteiger partial charge in [0.2, 0.25) is 5.91 Å². The summed E-state index contributed by atoms with van der Waals surface area (Å²) in [6.07, 6.45) is 0. The van der Waals surface area contributed by atoms with Gasteiger partial charge in [0.25, 0.3) is 0 Å². The molecule has 0 atom stereocenters. The highest BCUT2D eigenvalue weighted by atomic mass is 32.1. The Kier molecular flexibility index (Phi) is 5.22. The molecule has 6 nitrogen and oxygen atoms in total. The average molecular weight is 437 g/mol. The van der Waals surface area contributed by atoms with Gasteiger partial charge >= 0.3 is 0 Å². The van der Waals surface area contributed by atoms with Gasteiger partial charge in [-0.3, -0.25) is 4.79 Å². The summed E-state index contributed by atoms with van der Waals surface area (Å²) in [4.78, 5) is 24.4. The molecule has 1 aromatic heterocycles. The van der Waals surface area contributed by atoms with Crippen molar-refractivity contribution in [3.8, 4) is 5.75 Å². The Morgan fingerprint density at radius 3 is 2.55 bits per heavy atom. The van der Waals surface area contributed by atoms with Crippen molar-refractivity contribution in [3.05, 3.63) is 47.5 Å². The van der Waals surface area contributed by atoms with Crippen molar-refractivity contribution in [1.82, 2.24) is 9.88 Å². The molecule has 0 radical (unpaired) electrons. The summed E-state index contributed by atoms with van der Waals surface area (Å²) in [5.41, 5.74) is 4.86.